The summed E-state index contributed by atoms with van der Waals surface area (Å²) in [6.45, 7) is 1.65. The molecule has 1 amide bonds. The maximum atomic E-state index is 12.0. The molecule has 2 aromatic rings. The number of carbonyl (C=O) groups excluding carboxylic acids is 1. The third kappa shape index (κ3) is 4.07. The zero-order valence-electron chi connectivity index (χ0n) is 11.4. The van der Waals surface area contributed by atoms with Crippen LogP contribution in [0.3, 0.4) is 0 Å². The van der Waals surface area contributed by atoms with Crippen molar-refractivity contribution >= 4 is 17.6 Å². The molecule has 5 nitrogen and oxygen atoms in total. The number of hydrogen-bond donors (Lipinski definition) is 2. The molecule has 0 fully saturated rings. The Balaban J connectivity index is 1.95. The molecule has 5 heteroatoms. The predicted molar refractivity (Wildman–Crippen MR) is 78.6 cm³/mol. The van der Waals surface area contributed by atoms with Crippen LogP contribution in [0.4, 0.5) is 5.69 Å². The number of nitrogens with one attached hydrogen (secondary N) is 1. The molecular weight excluding hydrogens is 270 g/mol. The summed E-state index contributed by atoms with van der Waals surface area (Å²) in [4.78, 5) is 22.7. The highest BCUT2D eigenvalue weighted by Crippen LogP contribution is 2.13. The number of anilines is 1. The Bertz CT molecular complexity index is 622. The molecule has 2 aromatic carbocycles. The topological polar surface area (TPSA) is 75.6 Å². The largest absolute Gasteiger partial charge is 0.481 e. The van der Waals surface area contributed by atoms with Crippen LogP contribution in [0.2, 0.25) is 0 Å². The van der Waals surface area contributed by atoms with Crippen LogP contribution < -0.4 is 10.1 Å². The van der Waals surface area contributed by atoms with Gasteiger partial charge in [-0.2, -0.15) is 0 Å². The maximum absolute atomic E-state index is 12.0. The number of amides is 1. The minimum absolute atomic E-state index is 0.168. The van der Waals surface area contributed by atoms with E-state index in [1.807, 2.05) is 18.2 Å². The normalized spacial score (nSPS) is 11.5. The van der Waals surface area contributed by atoms with Crippen LogP contribution in [0.25, 0.3) is 0 Å². The Hall–Kier alpha value is -2.82. The van der Waals surface area contributed by atoms with E-state index >= 15 is 0 Å². The minimum atomic E-state index is -1.01. The monoisotopic (exact) mass is 285 g/mol. The van der Waals surface area contributed by atoms with Crippen LogP contribution in [-0.4, -0.2) is 23.1 Å². The number of rotatable bonds is 5. The molecule has 21 heavy (non-hydrogen) atoms. The molecule has 0 heterocycles. The fourth-order valence-electron chi connectivity index (χ4n) is 1.70. The summed E-state index contributed by atoms with van der Waals surface area (Å²) in [7, 11) is 0. The molecule has 0 saturated carbocycles. The van der Waals surface area contributed by atoms with Crippen LogP contribution in [0, 0.1) is 0 Å². The number of carboxylic acids is 1. The fraction of sp³-hybridized carbons (Fsp3) is 0.125. The first-order valence-corrected chi connectivity index (χ1v) is 6.42. The molecule has 0 saturated heterocycles. The molecule has 0 unspecified atom stereocenters. The zero-order chi connectivity index (χ0) is 15.2. The molecule has 0 aliphatic rings. The van der Waals surface area contributed by atoms with Gasteiger partial charge in [0, 0.05) is 5.69 Å². The van der Waals surface area contributed by atoms with Crippen molar-refractivity contribution in [3.05, 3.63) is 60.2 Å². The number of ether oxygens (including phenoxy) is 1. The molecule has 0 radical (unpaired) electrons. The second-order valence-electron chi connectivity index (χ2n) is 4.44. The van der Waals surface area contributed by atoms with Crippen molar-refractivity contribution in [2.75, 3.05) is 5.32 Å². The van der Waals surface area contributed by atoms with Crippen molar-refractivity contribution in [2.45, 2.75) is 13.0 Å². The van der Waals surface area contributed by atoms with Crippen LogP contribution in [0.15, 0.2) is 54.6 Å². The first kappa shape index (κ1) is 14.6. The van der Waals surface area contributed by atoms with Crippen molar-refractivity contribution in [3.63, 3.8) is 0 Å². The van der Waals surface area contributed by atoms with Crippen LogP contribution in [0.1, 0.15) is 17.3 Å². The highest BCUT2D eigenvalue weighted by atomic mass is 16.5. The summed E-state index contributed by atoms with van der Waals surface area (Å²) in [5.74, 6) is -0.697. The smallest absolute Gasteiger partial charge is 0.335 e. The number of hydrogen-bond acceptors (Lipinski definition) is 3. The van der Waals surface area contributed by atoms with Gasteiger partial charge in [-0.3, -0.25) is 4.79 Å². The molecule has 0 bridgehead atoms. The highest BCUT2D eigenvalue weighted by molar-refractivity contribution is 5.95. The average Bonchev–Trinajstić information content (AvgIpc) is 2.48. The Morgan fingerprint density at radius 1 is 1.05 bits per heavy atom. The summed E-state index contributed by atoms with van der Waals surface area (Å²) < 4.78 is 5.50. The lowest BCUT2D eigenvalue weighted by Gasteiger charge is -2.14. The third-order valence-electron chi connectivity index (χ3n) is 2.82. The van der Waals surface area contributed by atoms with Crippen LogP contribution in [-0.2, 0) is 4.79 Å². The minimum Gasteiger partial charge on any atom is -0.481 e. The molecule has 0 spiro atoms. The van der Waals surface area contributed by atoms with Crippen molar-refractivity contribution in [2.24, 2.45) is 0 Å². The summed E-state index contributed by atoms with van der Waals surface area (Å²) >= 11 is 0. The molecule has 108 valence electrons. The lowest BCUT2D eigenvalue weighted by atomic mass is 10.2. The first-order chi connectivity index (χ1) is 10.1. The van der Waals surface area contributed by atoms with E-state index in [-0.39, 0.29) is 11.5 Å². The van der Waals surface area contributed by atoms with Crippen molar-refractivity contribution < 1.29 is 19.4 Å². The highest BCUT2D eigenvalue weighted by Gasteiger charge is 2.14. The molecule has 0 aliphatic heterocycles. The van der Waals surface area contributed by atoms with E-state index in [4.69, 9.17) is 9.84 Å². The van der Waals surface area contributed by atoms with Gasteiger partial charge in [0.1, 0.15) is 5.75 Å². The molecular formula is C16H15NO4. The Morgan fingerprint density at radius 2 is 1.67 bits per heavy atom. The first-order valence-electron chi connectivity index (χ1n) is 6.42. The van der Waals surface area contributed by atoms with E-state index in [1.165, 1.54) is 24.3 Å². The third-order valence-corrected chi connectivity index (χ3v) is 2.82. The Kier molecular flexibility index (Phi) is 4.56. The number of carboxylic acid groups (broad SMARTS) is 1. The van der Waals surface area contributed by atoms with E-state index in [1.54, 1.807) is 19.1 Å². The lowest BCUT2D eigenvalue weighted by molar-refractivity contribution is -0.122. The number of para-hydroxylation sites is 1. The maximum Gasteiger partial charge on any atom is 0.335 e. The Labute approximate surface area is 122 Å². The summed E-state index contributed by atoms with van der Waals surface area (Å²) in [6, 6.07) is 15.0. The number of carbonyl (C=O) groups is 2. The summed E-state index contributed by atoms with van der Waals surface area (Å²) in [5, 5.41) is 11.5. The van der Waals surface area contributed by atoms with E-state index in [0.717, 1.165) is 0 Å². The van der Waals surface area contributed by atoms with Gasteiger partial charge in [-0.1, -0.05) is 18.2 Å². The van der Waals surface area contributed by atoms with Gasteiger partial charge in [0.05, 0.1) is 5.56 Å². The summed E-state index contributed by atoms with van der Waals surface area (Å²) in [5.41, 5.74) is 0.690. The second kappa shape index (κ2) is 6.56. The number of benzene rings is 2. The Morgan fingerprint density at radius 3 is 2.24 bits per heavy atom. The average molecular weight is 285 g/mol. The van der Waals surface area contributed by atoms with E-state index in [0.29, 0.717) is 11.4 Å². The van der Waals surface area contributed by atoms with Gasteiger partial charge in [-0.05, 0) is 43.3 Å². The van der Waals surface area contributed by atoms with E-state index in [9.17, 15) is 9.59 Å². The zero-order valence-corrected chi connectivity index (χ0v) is 11.4. The van der Waals surface area contributed by atoms with E-state index in [2.05, 4.69) is 5.32 Å². The molecule has 2 rings (SSSR count). The van der Waals surface area contributed by atoms with Crippen LogP contribution >= 0.6 is 0 Å². The van der Waals surface area contributed by atoms with Gasteiger partial charge in [-0.25, -0.2) is 4.79 Å². The molecule has 0 aromatic heterocycles. The van der Waals surface area contributed by atoms with E-state index < -0.39 is 12.1 Å². The van der Waals surface area contributed by atoms with Gasteiger partial charge >= 0.3 is 5.97 Å². The van der Waals surface area contributed by atoms with Gasteiger partial charge in [0.2, 0.25) is 0 Å². The van der Waals surface area contributed by atoms with Crippen molar-refractivity contribution in [1.82, 2.24) is 0 Å². The van der Waals surface area contributed by atoms with Gasteiger partial charge in [0.25, 0.3) is 5.91 Å². The fourth-order valence-corrected chi connectivity index (χ4v) is 1.70. The predicted octanol–water partition coefficient (Wildman–Crippen LogP) is 2.79. The lowest BCUT2D eigenvalue weighted by Crippen LogP contribution is -2.30. The quantitative estimate of drug-likeness (QED) is 0.885. The SMILES string of the molecule is C[C@H](Oc1ccccc1)C(=O)Nc1ccc(C(=O)O)cc1. The second-order valence-corrected chi connectivity index (χ2v) is 4.44. The van der Waals surface area contributed by atoms with Gasteiger partial charge in [0.15, 0.2) is 6.10 Å². The molecule has 2 N–H and O–H groups in total. The number of aromatic carboxylic acids is 1. The standard InChI is InChI=1S/C16H15NO4/c1-11(21-14-5-3-2-4-6-14)15(18)17-13-9-7-12(8-10-13)16(19)20/h2-11H,1H3,(H,17,18)(H,19,20)/t11-/m0/s1. The summed E-state index contributed by atoms with van der Waals surface area (Å²) in [6.07, 6.45) is -0.661. The van der Waals surface area contributed by atoms with Gasteiger partial charge < -0.3 is 15.2 Å². The molecule has 1 atom stereocenters. The van der Waals surface area contributed by atoms with Gasteiger partial charge in [-0.15, -0.1) is 0 Å². The molecule has 0 aliphatic carbocycles. The van der Waals surface area contributed by atoms with Crippen molar-refractivity contribution in [1.29, 1.82) is 0 Å². The van der Waals surface area contributed by atoms with Crippen LogP contribution in [0.5, 0.6) is 5.75 Å². The van der Waals surface area contributed by atoms with Crippen molar-refractivity contribution in [3.8, 4) is 5.75 Å².